The number of ether oxygens (including phenoxy) is 2. The molecule has 0 spiro atoms. The molecule has 1 aromatic carbocycles. The molecule has 0 aliphatic carbocycles. The largest absolute Gasteiger partial charge is 0.497 e. The number of alkyl halides is 3. The van der Waals surface area contributed by atoms with E-state index in [0.717, 1.165) is 0 Å². The number of amides is 1. The van der Waals surface area contributed by atoms with Crippen molar-refractivity contribution >= 4 is 18.3 Å². The van der Waals surface area contributed by atoms with E-state index in [9.17, 15) is 18.0 Å². The Labute approximate surface area is 156 Å². The molecule has 6 nitrogen and oxygen atoms in total. The number of carbonyl (C=O) groups excluding carboxylic acids is 1. The molecular formula is C16H23ClF3N3O3. The Hall–Kier alpha value is -1.71. The van der Waals surface area contributed by atoms with Crippen LogP contribution in [0, 0.1) is 0 Å². The van der Waals surface area contributed by atoms with E-state index < -0.39 is 24.7 Å². The molecule has 0 saturated carbocycles. The van der Waals surface area contributed by atoms with Gasteiger partial charge >= 0.3 is 6.18 Å². The summed E-state index contributed by atoms with van der Waals surface area (Å²) in [5.74, 6) is 0.0459. The van der Waals surface area contributed by atoms with Crippen LogP contribution in [0.5, 0.6) is 11.5 Å². The highest BCUT2D eigenvalue weighted by Crippen LogP contribution is 2.26. The van der Waals surface area contributed by atoms with Gasteiger partial charge in [-0.05, 0) is 18.2 Å². The number of nitrogens with one attached hydrogen (secondary N) is 2. The fourth-order valence-corrected chi connectivity index (χ4v) is 2.72. The standard InChI is InChI=1S/C16H22F3N3O3.ClH/c1-24-11-3-4-13(25-2)12(9-11)15(23)21-10-14(16(17,18)19)22-7-5-20-6-8-22;/h3-4,9,14,20H,5-8,10H2,1-2H3,(H,21,23);1H. The molecule has 1 saturated heterocycles. The normalized spacial score (nSPS) is 16.3. The minimum absolute atomic E-state index is 0. The van der Waals surface area contributed by atoms with Gasteiger partial charge in [-0.1, -0.05) is 0 Å². The van der Waals surface area contributed by atoms with Gasteiger partial charge in [-0.3, -0.25) is 9.69 Å². The van der Waals surface area contributed by atoms with Gasteiger partial charge in [0.05, 0.1) is 19.8 Å². The second kappa shape index (κ2) is 9.84. The van der Waals surface area contributed by atoms with Crippen LogP contribution in [0.2, 0.25) is 0 Å². The summed E-state index contributed by atoms with van der Waals surface area (Å²) in [7, 11) is 2.82. The summed E-state index contributed by atoms with van der Waals surface area (Å²) < 4.78 is 50.2. The van der Waals surface area contributed by atoms with Crippen LogP contribution < -0.4 is 20.1 Å². The molecule has 26 heavy (non-hydrogen) atoms. The summed E-state index contributed by atoms with van der Waals surface area (Å²) in [6.07, 6.45) is -4.43. The monoisotopic (exact) mass is 397 g/mol. The Balaban J connectivity index is 0.00000338. The zero-order valence-corrected chi connectivity index (χ0v) is 15.4. The van der Waals surface area contributed by atoms with Crippen molar-refractivity contribution < 1.29 is 27.4 Å². The summed E-state index contributed by atoms with van der Waals surface area (Å²) in [5, 5.41) is 5.39. The molecule has 1 aromatic rings. The number of hydrogen-bond donors (Lipinski definition) is 2. The van der Waals surface area contributed by atoms with E-state index in [-0.39, 0.29) is 36.8 Å². The van der Waals surface area contributed by atoms with Gasteiger partial charge in [0.25, 0.3) is 5.91 Å². The summed E-state index contributed by atoms with van der Waals surface area (Å²) in [6.45, 7) is 1.02. The molecule has 2 N–H and O–H groups in total. The molecule has 1 atom stereocenters. The number of nitrogens with zero attached hydrogens (tertiary/aromatic N) is 1. The molecule has 148 valence electrons. The minimum Gasteiger partial charge on any atom is -0.497 e. The average Bonchev–Trinajstić information content (AvgIpc) is 2.60. The Kier molecular flexibility index (Phi) is 8.45. The summed E-state index contributed by atoms with van der Waals surface area (Å²) in [4.78, 5) is 13.7. The molecule has 1 heterocycles. The predicted molar refractivity (Wildman–Crippen MR) is 93.4 cm³/mol. The summed E-state index contributed by atoms with van der Waals surface area (Å²) in [5.41, 5.74) is 0.128. The molecule has 10 heteroatoms. The predicted octanol–water partition coefficient (Wildman–Crippen LogP) is 1.69. The van der Waals surface area contributed by atoms with E-state index in [2.05, 4.69) is 10.6 Å². The van der Waals surface area contributed by atoms with Crippen LogP contribution in [0.15, 0.2) is 18.2 Å². The number of carbonyl (C=O) groups is 1. The number of piperazine rings is 1. The first-order valence-electron chi connectivity index (χ1n) is 7.88. The summed E-state index contributed by atoms with van der Waals surface area (Å²) >= 11 is 0. The van der Waals surface area contributed by atoms with E-state index in [1.54, 1.807) is 6.07 Å². The van der Waals surface area contributed by atoms with Crippen molar-refractivity contribution in [3.8, 4) is 11.5 Å². The number of hydrogen-bond acceptors (Lipinski definition) is 5. The molecule has 1 amide bonds. The highest BCUT2D eigenvalue weighted by atomic mass is 35.5. The Morgan fingerprint density at radius 1 is 1.27 bits per heavy atom. The van der Waals surface area contributed by atoms with Crippen LogP contribution in [0.1, 0.15) is 10.4 Å². The smallest absolute Gasteiger partial charge is 0.405 e. The molecule has 1 fully saturated rings. The number of benzene rings is 1. The quantitative estimate of drug-likeness (QED) is 0.765. The van der Waals surface area contributed by atoms with Gasteiger partial charge in [0.1, 0.15) is 17.5 Å². The first kappa shape index (κ1) is 22.3. The van der Waals surface area contributed by atoms with Crippen molar-refractivity contribution in [2.45, 2.75) is 12.2 Å². The maximum atomic E-state index is 13.4. The number of rotatable bonds is 6. The fraction of sp³-hybridized carbons (Fsp3) is 0.562. The molecule has 1 unspecified atom stereocenters. The van der Waals surface area contributed by atoms with E-state index in [0.29, 0.717) is 18.8 Å². The topological polar surface area (TPSA) is 62.8 Å². The molecule has 0 aromatic heterocycles. The lowest BCUT2D eigenvalue weighted by atomic mass is 10.1. The molecule has 2 rings (SSSR count). The maximum Gasteiger partial charge on any atom is 0.405 e. The lowest BCUT2D eigenvalue weighted by Gasteiger charge is -2.35. The van der Waals surface area contributed by atoms with E-state index in [1.165, 1.54) is 31.3 Å². The average molecular weight is 398 g/mol. The van der Waals surface area contributed by atoms with Crippen molar-refractivity contribution in [2.24, 2.45) is 0 Å². The third kappa shape index (κ3) is 5.65. The van der Waals surface area contributed by atoms with Crippen LogP contribution in [0.25, 0.3) is 0 Å². The number of methoxy groups -OCH3 is 2. The van der Waals surface area contributed by atoms with Crippen LogP contribution in [-0.4, -0.2) is 70.0 Å². The third-order valence-electron chi connectivity index (χ3n) is 4.08. The minimum atomic E-state index is -4.43. The lowest BCUT2D eigenvalue weighted by Crippen LogP contribution is -2.57. The zero-order chi connectivity index (χ0) is 18.4. The summed E-state index contributed by atoms with van der Waals surface area (Å²) in [6, 6.07) is 2.84. The van der Waals surface area contributed by atoms with Crippen LogP contribution in [-0.2, 0) is 0 Å². The van der Waals surface area contributed by atoms with E-state index in [4.69, 9.17) is 9.47 Å². The van der Waals surface area contributed by atoms with Crippen molar-refractivity contribution in [2.75, 3.05) is 46.9 Å². The molecular weight excluding hydrogens is 375 g/mol. The first-order chi connectivity index (χ1) is 11.9. The van der Waals surface area contributed by atoms with Gasteiger partial charge < -0.3 is 20.1 Å². The van der Waals surface area contributed by atoms with Crippen LogP contribution in [0.4, 0.5) is 13.2 Å². The van der Waals surface area contributed by atoms with Crippen LogP contribution >= 0.6 is 12.4 Å². The maximum absolute atomic E-state index is 13.4. The van der Waals surface area contributed by atoms with E-state index in [1.807, 2.05) is 0 Å². The van der Waals surface area contributed by atoms with Gasteiger partial charge in [0.15, 0.2) is 0 Å². The number of halogens is 4. The highest BCUT2D eigenvalue weighted by Gasteiger charge is 2.43. The van der Waals surface area contributed by atoms with Gasteiger partial charge in [0.2, 0.25) is 0 Å². The highest BCUT2D eigenvalue weighted by molar-refractivity contribution is 5.97. The Bertz CT molecular complexity index is 596. The second-order valence-corrected chi connectivity index (χ2v) is 5.62. The van der Waals surface area contributed by atoms with Gasteiger partial charge in [-0.25, -0.2) is 0 Å². The van der Waals surface area contributed by atoms with Crippen molar-refractivity contribution in [1.82, 2.24) is 15.5 Å². The van der Waals surface area contributed by atoms with Gasteiger partial charge in [0, 0.05) is 32.7 Å². The van der Waals surface area contributed by atoms with Crippen molar-refractivity contribution in [1.29, 1.82) is 0 Å². The molecule has 0 radical (unpaired) electrons. The molecule has 0 bridgehead atoms. The van der Waals surface area contributed by atoms with Crippen molar-refractivity contribution in [3.05, 3.63) is 23.8 Å². The Morgan fingerprint density at radius 2 is 1.92 bits per heavy atom. The second-order valence-electron chi connectivity index (χ2n) is 5.62. The fourth-order valence-electron chi connectivity index (χ4n) is 2.72. The Morgan fingerprint density at radius 3 is 2.46 bits per heavy atom. The van der Waals surface area contributed by atoms with Gasteiger partial charge in [-0.15, -0.1) is 12.4 Å². The van der Waals surface area contributed by atoms with Crippen LogP contribution in [0.3, 0.4) is 0 Å². The lowest BCUT2D eigenvalue weighted by molar-refractivity contribution is -0.183. The van der Waals surface area contributed by atoms with E-state index >= 15 is 0 Å². The SMILES string of the molecule is COc1ccc(OC)c(C(=O)NCC(N2CCNCC2)C(F)(F)F)c1.Cl. The van der Waals surface area contributed by atoms with Gasteiger partial charge in [-0.2, -0.15) is 13.2 Å². The first-order valence-corrected chi connectivity index (χ1v) is 7.88. The molecule has 1 aliphatic rings. The third-order valence-corrected chi connectivity index (χ3v) is 4.08. The zero-order valence-electron chi connectivity index (χ0n) is 14.6. The van der Waals surface area contributed by atoms with Crippen molar-refractivity contribution in [3.63, 3.8) is 0 Å². The molecule has 1 aliphatic heterocycles.